The second kappa shape index (κ2) is 7.41. The van der Waals surface area contributed by atoms with E-state index < -0.39 is 5.97 Å². The summed E-state index contributed by atoms with van der Waals surface area (Å²) in [6.07, 6.45) is 3.79. The molecular weight excluding hydrogens is 334 g/mol. The van der Waals surface area contributed by atoms with E-state index in [-0.39, 0.29) is 0 Å². The van der Waals surface area contributed by atoms with Crippen LogP contribution < -0.4 is 4.90 Å². The zero-order valence-corrected chi connectivity index (χ0v) is 14.7. The Labute approximate surface area is 151 Å². The third-order valence-corrected chi connectivity index (χ3v) is 5.29. The molecule has 2 aromatic rings. The quantitative estimate of drug-likeness (QED) is 0.871. The van der Waals surface area contributed by atoms with Gasteiger partial charge in [-0.3, -0.25) is 0 Å². The number of anilines is 1. The van der Waals surface area contributed by atoms with E-state index in [4.69, 9.17) is 4.74 Å². The van der Waals surface area contributed by atoms with Gasteiger partial charge in [-0.05, 0) is 59.7 Å². The van der Waals surface area contributed by atoms with Crippen LogP contribution in [-0.2, 0) is 24.2 Å². The van der Waals surface area contributed by atoms with E-state index in [1.54, 1.807) is 6.07 Å². The molecule has 138 valence electrons. The van der Waals surface area contributed by atoms with Gasteiger partial charge in [0.05, 0.1) is 12.1 Å². The minimum absolute atomic E-state index is 0.397. The van der Waals surface area contributed by atoms with E-state index in [9.17, 15) is 9.90 Å². The van der Waals surface area contributed by atoms with Gasteiger partial charge in [-0.2, -0.15) is 0 Å². The molecule has 0 bridgehead atoms. The van der Waals surface area contributed by atoms with Gasteiger partial charge in [-0.25, -0.2) is 9.48 Å². The number of aromatic carboxylic acids is 1. The van der Waals surface area contributed by atoms with Crippen molar-refractivity contribution in [2.75, 3.05) is 24.7 Å². The molecule has 0 atom stereocenters. The molecule has 0 radical (unpaired) electrons. The van der Waals surface area contributed by atoms with E-state index in [0.717, 1.165) is 69.1 Å². The van der Waals surface area contributed by atoms with Crippen molar-refractivity contribution in [2.24, 2.45) is 5.92 Å². The summed E-state index contributed by atoms with van der Waals surface area (Å²) in [5, 5.41) is 21.7. The normalized spacial score (nSPS) is 17.9. The molecule has 0 unspecified atom stereocenters. The first-order valence-electron chi connectivity index (χ1n) is 9.15. The molecule has 2 aliphatic heterocycles. The van der Waals surface area contributed by atoms with Crippen molar-refractivity contribution in [1.29, 1.82) is 0 Å². The Kier molecular flexibility index (Phi) is 4.83. The fraction of sp³-hybridized carbons (Fsp3) is 0.556. The summed E-state index contributed by atoms with van der Waals surface area (Å²) in [5.74, 6) is 0.497. The summed E-state index contributed by atoms with van der Waals surface area (Å²) in [6.45, 7) is 3.88. The molecular formula is C18H23N5O3. The molecule has 1 saturated heterocycles. The van der Waals surface area contributed by atoms with Crippen molar-refractivity contribution in [3.05, 3.63) is 35.2 Å². The number of carboxylic acid groups (broad SMARTS) is 1. The van der Waals surface area contributed by atoms with Gasteiger partial charge in [0, 0.05) is 32.0 Å². The highest BCUT2D eigenvalue weighted by Gasteiger charge is 2.24. The van der Waals surface area contributed by atoms with E-state index in [2.05, 4.69) is 20.4 Å². The lowest BCUT2D eigenvalue weighted by atomic mass is 9.96. The predicted octanol–water partition coefficient (Wildman–Crippen LogP) is 1.75. The topological polar surface area (TPSA) is 93.4 Å². The monoisotopic (exact) mass is 357 g/mol. The fourth-order valence-electron chi connectivity index (χ4n) is 3.89. The van der Waals surface area contributed by atoms with Crippen molar-refractivity contribution in [3.63, 3.8) is 0 Å². The highest BCUT2D eigenvalue weighted by Crippen LogP contribution is 2.31. The zero-order valence-electron chi connectivity index (χ0n) is 14.7. The Bertz CT molecular complexity index is 785. The van der Waals surface area contributed by atoms with Crippen LogP contribution in [0.1, 0.15) is 41.0 Å². The van der Waals surface area contributed by atoms with Crippen LogP contribution >= 0.6 is 0 Å². The van der Waals surface area contributed by atoms with Gasteiger partial charge in [-0.15, -0.1) is 5.10 Å². The Morgan fingerprint density at radius 1 is 1.31 bits per heavy atom. The number of carbonyl (C=O) groups is 1. The van der Waals surface area contributed by atoms with Crippen LogP contribution in [0.25, 0.3) is 0 Å². The number of aromatic nitrogens is 4. The predicted molar refractivity (Wildman–Crippen MR) is 94.1 cm³/mol. The average molecular weight is 357 g/mol. The van der Waals surface area contributed by atoms with Crippen molar-refractivity contribution in [1.82, 2.24) is 20.2 Å². The molecule has 1 aromatic heterocycles. The molecule has 1 fully saturated rings. The molecule has 0 saturated carbocycles. The standard InChI is InChI=1S/C18H23N5O3/c24-18(25)15-3-1-5-16-14(15)4-2-8-22(16)12-17-19-20-21-23(17)11-13-6-9-26-10-7-13/h1,3,5,13H,2,4,6-12H2,(H,24,25). The van der Waals surface area contributed by atoms with Crippen molar-refractivity contribution < 1.29 is 14.6 Å². The molecule has 4 rings (SSSR count). The molecule has 1 N–H and O–H groups in total. The van der Waals surface area contributed by atoms with E-state index in [1.165, 1.54) is 0 Å². The number of hydrogen-bond acceptors (Lipinski definition) is 6. The van der Waals surface area contributed by atoms with Crippen LogP contribution in [0.3, 0.4) is 0 Å². The van der Waals surface area contributed by atoms with Gasteiger partial charge >= 0.3 is 5.97 Å². The van der Waals surface area contributed by atoms with Gasteiger partial charge in [0.25, 0.3) is 0 Å². The summed E-state index contributed by atoms with van der Waals surface area (Å²) >= 11 is 0. The Morgan fingerprint density at radius 2 is 2.15 bits per heavy atom. The number of rotatable bonds is 5. The van der Waals surface area contributed by atoms with Crippen LogP contribution in [0.2, 0.25) is 0 Å². The van der Waals surface area contributed by atoms with Crippen LogP contribution in [0, 0.1) is 5.92 Å². The van der Waals surface area contributed by atoms with Crippen LogP contribution in [0.5, 0.6) is 0 Å². The smallest absolute Gasteiger partial charge is 0.336 e. The summed E-state index contributed by atoms with van der Waals surface area (Å²) in [6, 6.07) is 5.49. The number of hydrogen-bond donors (Lipinski definition) is 1. The number of benzene rings is 1. The molecule has 0 spiro atoms. The first kappa shape index (κ1) is 17.0. The Balaban J connectivity index is 1.54. The molecule has 0 aliphatic carbocycles. The van der Waals surface area contributed by atoms with Gasteiger partial charge in [0.2, 0.25) is 0 Å². The number of tetrazole rings is 1. The molecule has 8 heteroatoms. The van der Waals surface area contributed by atoms with E-state index in [1.807, 2.05) is 16.8 Å². The molecule has 8 nitrogen and oxygen atoms in total. The highest BCUT2D eigenvalue weighted by molar-refractivity contribution is 5.91. The van der Waals surface area contributed by atoms with Crippen molar-refractivity contribution >= 4 is 11.7 Å². The minimum Gasteiger partial charge on any atom is -0.478 e. The van der Waals surface area contributed by atoms with Gasteiger partial charge in [0.15, 0.2) is 5.82 Å². The van der Waals surface area contributed by atoms with Crippen molar-refractivity contribution in [2.45, 2.75) is 38.8 Å². The number of carboxylic acids is 1. The minimum atomic E-state index is -0.868. The maximum atomic E-state index is 11.5. The first-order valence-corrected chi connectivity index (χ1v) is 9.15. The summed E-state index contributed by atoms with van der Waals surface area (Å²) in [7, 11) is 0. The van der Waals surface area contributed by atoms with Crippen LogP contribution in [0.15, 0.2) is 18.2 Å². The largest absolute Gasteiger partial charge is 0.478 e. The van der Waals surface area contributed by atoms with Crippen molar-refractivity contribution in [3.8, 4) is 0 Å². The second-order valence-electron chi connectivity index (χ2n) is 6.97. The summed E-state index contributed by atoms with van der Waals surface area (Å²) in [5.41, 5.74) is 2.29. The third kappa shape index (κ3) is 3.41. The number of ether oxygens (including phenoxy) is 1. The first-order chi connectivity index (χ1) is 12.7. The summed E-state index contributed by atoms with van der Waals surface area (Å²) in [4.78, 5) is 13.7. The third-order valence-electron chi connectivity index (χ3n) is 5.29. The maximum absolute atomic E-state index is 11.5. The SMILES string of the molecule is O=C(O)c1cccc2c1CCCN2Cc1nnnn1CC1CCOCC1. The Morgan fingerprint density at radius 3 is 2.96 bits per heavy atom. The molecule has 3 heterocycles. The Hall–Kier alpha value is -2.48. The van der Waals surface area contributed by atoms with Gasteiger partial charge < -0.3 is 14.7 Å². The van der Waals surface area contributed by atoms with Gasteiger partial charge in [-0.1, -0.05) is 6.07 Å². The van der Waals surface area contributed by atoms with E-state index in [0.29, 0.717) is 18.0 Å². The lowest BCUT2D eigenvalue weighted by molar-refractivity contribution is 0.0596. The molecule has 2 aliphatic rings. The molecule has 1 aromatic carbocycles. The van der Waals surface area contributed by atoms with Gasteiger partial charge in [0.1, 0.15) is 0 Å². The molecule has 26 heavy (non-hydrogen) atoms. The van der Waals surface area contributed by atoms with E-state index >= 15 is 0 Å². The van der Waals surface area contributed by atoms with Crippen LogP contribution in [-0.4, -0.2) is 51.0 Å². The fourth-order valence-corrected chi connectivity index (χ4v) is 3.89. The number of fused-ring (bicyclic) bond motifs is 1. The second-order valence-corrected chi connectivity index (χ2v) is 6.97. The lowest BCUT2D eigenvalue weighted by Gasteiger charge is -2.31. The number of nitrogens with zero attached hydrogens (tertiary/aromatic N) is 5. The maximum Gasteiger partial charge on any atom is 0.336 e. The average Bonchev–Trinajstić information content (AvgIpc) is 3.09. The lowest BCUT2D eigenvalue weighted by Crippen LogP contribution is -2.31. The highest BCUT2D eigenvalue weighted by atomic mass is 16.5. The molecule has 0 amide bonds. The van der Waals surface area contributed by atoms with Crippen LogP contribution in [0.4, 0.5) is 5.69 Å². The zero-order chi connectivity index (χ0) is 17.9. The summed E-state index contributed by atoms with van der Waals surface area (Å²) < 4.78 is 7.32.